The molecule has 1 aliphatic rings. The van der Waals surface area contributed by atoms with Gasteiger partial charge in [-0.2, -0.15) is 0 Å². The third-order valence-corrected chi connectivity index (χ3v) is 4.45. The summed E-state index contributed by atoms with van der Waals surface area (Å²) in [5, 5.41) is 8.98. The second kappa shape index (κ2) is 5.92. The molecule has 0 spiro atoms. The number of carbonyl (C=O) groups is 1. The highest BCUT2D eigenvalue weighted by Gasteiger charge is 2.22. The van der Waals surface area contributed by atoms with E-state index in [1.807, 2.05) is 6.07 Å². The second-order valence-electron chi connectivity index (χ2n) is 5.12. The van der Waals surface area contributed by atoms with Crippen molar-refractivity contribution >= 4 is 27.6 Å². The van der Waals surface area contributed by atoms with E-state index < -0.39 is 5.97 Å². The monoisotopic (exact) mass is 326 g/mol. The molecule has 0 bridgehead atoms. The normalized spacial score (nSPS) is 17.4. The summed E-state index contributed by atoms with van der Waals surface area (Å²) in [5.41, 5.74) is 1.37. The van der Waals surface area contributed by atoms with E-state index in [1.165, 1.54) is 0 Å². The van der Waals surface area contributed by atoms with Crippen molar-refractivity contribution in [2.75, 3.05) is 32.1 Å². The average molecular weight is 327 g/mol. The Morgan fingerprint density at radius 2 is 2.05 bits per heavy atom. The van der Waals surface area contributed by atoms with Gasteiger partial charge in [-0.3, -0.25) is 0 Å². The predicted molar refractivity (Wildman–Crippen MR) is 80.0 cm³/mol. The standard InChI is InChI=1S/C14H19BrN2O2/c1-16-7-5-11(6-8-16)17(2)13-4-3-10(14(18)19)9-12(13)15/h3-4,9,11H,5-8H2,1-2H3,(H,18,19). The van der Waals surface area contributed by atoms with E-state index in [-0.39, 0.29) is 0 Å². The minimum Gasteiger partial charge on any atom is -0.478 e. The lowest BCUT2D eigenvalue weighted by atomic mass is 10.0. The van der Waals surface area contributed by atoms with Gasteiger partial charge in [0, 0.05) is 17.6 Å². The lowest BCUT2D eigenvalue weighted by Gasteiger charge is -2.36. The third kappa shape index (κ3) is 3.28. The highest BCUT2D eigenvalue weighted by Crippen LogP contribution is 2.30. The molecule has 19 heavy (non-hydrogen) atoms. The smallest absolute Gasteiger partial charge is 0.335 e. The molecule has 0 radical (unpaired) electrons. The number of benzene rings is 1. The fraction of sp³-hybridized carbons (Fsp3) is 0.500. The molecule has 0 amide bonds. The van der Waals surface area contributed by atoms with Gasteiger partial charge in [-0.1, -0.05) is 0 Å². The van der Waals surface area contributed by atoms with Crippen LogP contribution in [0.15, 0.2) is 22.7 Å². The van der Waals surface area contributed by atoms with Crippen LogP contribution < -0.4 is 4.90 Å². The molecule has 5 heteroatoms. The Morgan fingerprint density at radius 3 is 2.58 bits per heavy atom. The zero-order chi connectivity index (χ0) is 14.0. The van der Waals surface area contributed by atoms with Crippen LogP contribution in [0, 0.1) is 0 Å². The van der Waals surface area contributed by atoms with Gasteiger partial charge in [0.1, 0.15) is 0 Å². The van der Waals surface area contributed by atoms with Crippen LogP contribution in [-0.4, -0.2) is 49.2 Å². The van der Waals surface area contributed by atoms with Gasteiger partial charge in [-0.15, -0.1) is 0 Å². The first-order valence-corrected chi connectivity index (χ1v) is 7.22. The fourth-order valence-corrected chi connectivity index (χ4v) is 3.16. The van der Waals surface area contributed by atoms with Crippen molar-refractivity contribution in [3.05, 3.63) is 28.2 Å². The number of carboxylic acids is 1. The van der Waals surface area contributed by atoms with Gasteiger partial charge < -0.3 is 14.9 Å². The van der Waals surface area contributed by atoms with Crippen molar-refractivity contribution in [2.45, 2.75) is 18.9 Å². The van der Waals surface area contributed by atoms with Gasteiger partial charge in [0.25, 0.3) is 0 Å². The number of anilines is 1. The Hall–Kier alpha value is -1.07. The van der Waals surface area contributed by atoms with E-state index in [0.717, 1.165) is 36.1 Å². The van der Waals surface area contributed by atoms with E-state index in [1.54, 1.807) is 12.1 Å². The number of carboxylic acid groups (broad SMARTS) is 1. The summed E-state index contributed by atoms with van der Waals surface area (Å²) in [6.07, 6.45) is 2.28. The van der Waals surface area contributed by atoms with Gasteiger partial charge in [-0.05, 0) is 67.1 Å². The van der Waals surface area contributed by atoms with Gasteiger partial charge in [0.2, 0.25) is 0 Å². The number of hydrogen-bond donors (Lipinski definition) is 1. The summed E-state index contributed by atoms with van der Waals surface area (Å²) in [6.45, 7) is 2.22. The van der Waals surface area contributed by atoms with Crippen molar-refractivity contribution in [2.24, 2.45) is 0 Å². The molecule has 0 aromatic heterocycles. The highest BCUT2D eigenvalue weighted by atomic mass is 79.9. The van der Waals surface area contributed by atoms with Crippen LogP contribution in [0.5, 0.6) is 0 Å². The average Bonchev–Trinajstić information content (AvgIpc) is 2.38. The maximum atomic E-state index is 10.9. The summed E-state index contributed by atoms with van der Waals surface area (Å²) in [6, 6.07) is 5.73. The van der Waals surface area contributed by atoms with Crippen LogP contribution in [0.3, 0.4) is 0 Å². The van der Waals surface area contributed by atoms with E-state index in [4.69, 9.17) is 5.11 Å². The van der Waals surface area contributed by atoms with Gasteiger partial charge in [0.15, 0.2) is 0 Å². The minimum absolute atomic E-state index is 0.312. The molecule has 2 rings (SSSR count). The number of likely N-dealkylation sites (tertiary alicyclic amines) is 1. The minimum atomic E-state index is -0.894. The topological polar surface area (TPSA) is 43.8 Å². The van der Waals surface area contributed by atoms with Crippen molar-refractivity contribution in [1.29, 1.82) is 0 Å². The van der Waals surface area contributed by atoms with Gasteiger partial charge in [0.05, 0.1) is 11.3 Å². The zero-order valence-electron chi connectivity index (χ0n) is 11.3. The number of halogens is 1. The molecule has 1 heterocycles. The molecular formula is C14H19BrN2O2. The van der Waals surface area contributed by atoms with E-state index >= 15 is 0 Å². The van der Waals surface area contributed by atoms with Gasteiger partial charge in [-0.25, -0.2) is 4.79 Å². The van der Waals surface area contributed by atoms with Crippen LogP contribution in [0.25, 0.3) is 0 Å². The largest absolute Gasteiger partial charge is 0.478 e. The van der Waals surface area contributed by atoms with E-state index in [9.17, 15) is 4.79 Å². The van der Waals surface area contributed by atoms with Crippen LogP contribution >= 0.6 is 15.9 Å². The second-order valence-corrected chi connectivity index (χ2v) is 5.97. The van der Waals surface area contributed by atoms with Crippen molar-refractivity contribution in [1.82, 2.24) is 4.90 Å². The van der Waals surface area contributed by atoms with Crippen LogP contribution in [0.4, 0.5) is 5.69 Å². The summed E-state index contributed by atoms with van der Waals surface area (Å²) in [7, 11) is 4.23. The molecule has 0 saturated carbocycles. The molecule has 1 aromatic rings. The zero-order valence-corrected chi connectivity index (χ0v) is 12.9. The summed E-state index contributed by atoms with van der Waals surface area (Å²) < 4.78 is 0.842. The molecule has 1 saturated heterocycles. The van der Waals surface area contributed by atoms with Crippen molar-refractivity contribution in [3.8, 4) is 0 Å². The maximum absolute atomic E-state index is 10.9. The Labute approximate surface area is 122 Å². The third-order valence-electron chi connectivity index (χ3n) is 3.81. The first kappa shape index (κ1) is 14.3. The van der Waals surface area contributed by atoms with Crippen molar-refractivity contribution in [3.63, 3.8) is 0 Å². The molecule has 1 aliphatic heterocycles. The van der Waals surface area contributed by atoms with Crippen LogP contribution in [0.1, 0.15) is 23.2 Å². The Balaban J connectivity index is 2.15. The Bertz CT molecular complexity index is 471. The van der Waals surface area contributed by atoms with E-state index in [2.05, 4.69) is 39.8 Å². The molecule has 0 aliphatic carbocycles. The molecule has 0 unspecified atom stereocenters. The SMILES string of the molecule is CN1CCC(N(C)c2ccc(C(=O)O)cc2Br)CC1. The Morgan fingerprint density at radius 1 is 1.42 bits per heavy atom. The summed E-state index contributed by atoms with van der Waals surface area (Å²) in [5.74, 6) is -0.894. The molecular weight excluding hydrogens is 308 g/mol. The number of nitrogens with zero attached hydrogens (tertiary/aromatic N) is 2. The first-order chi connectivity index (χ1) is 8.99. The summed E-state index contributed by atoms with van der Waals surface area (Å²) in [4.78, 5) is 15.5. The molecule has 4 nitrogen and oxygen atoms in total. The molecule has 1 fully saturated rings. The molecule has 104 valence electrons. The van der Waals surface area contributed by atoms with Crippen molar-refractivity contribution < 1.29 is 9.90 Å². The number of rotatable bonds is 3. The summed E-state index contributed by atoms with van der Waals surface area (Å²) >= 11 is 3.48. The predicted octanol–water partition coefficient (Wildman–Crippen LogP) is 2.68. The fourth-order valence-electron chi connectivity index (χ4n) is 2.50. The highest BCUT2D eigenvalue weighted by molar-refractivity contribution is 9.10. The number of aromatic carboxylic acids is 1. The lowest BCUT2D eigenvalue weighted by molar-refractivity contribution is 0.0697. The van der Waals surface area contributed by atoms with Crippen LogP contribution in [-0.2, 0) is 0 Å². The van der Waals surface area contributed by atoms with Gasteiger partial charge >= 0.3 is 5.97 Å². The molecule has 1 N–H and O–H groups in total. The number of hydrogen-bond acceptors (Lipinski definition) is 3. The maximum Gasteiger partial charge on any atom is 0.335 e. The van der Waals surface area contributed by atoms with E-state index in [0.29, 0.717) is 11.6 Å². The quantitative estimate of drug-likeness (QED) is 0.927. The molecule has 1 aromatic carbocycles. The molecule has 0 atom stereocenters. The first-order valence-electron chi connectivity index (χ1n) is 6.43. The number of piperidine rings is 1. The van der Waals surface area contributed by atoms with Crippen LogP contribution in [0.2, 0.25) is 0 Å². The Kier molecular flexibility index (Phi) is 4.47. The lowest BCUT2D eigenvalue weighted by Crippen LogP contribution is -2.42.